The van der Waals surface area contributed by atoms with Crippen molar-refractivity contribution in [1.82, 2.24) is 9.78 Å². The van der Waals surface area contributed by atoms with Gasteiger partial charge in [0, 0.05) is 0 Å². The molecule has 3 N–H and O–H groups in total. The number of anilines is 1. The molecule has 6 heteroatoms. The Morgan fingerprint density at radius 3 is 2.82 bits per heavy atom. The van der Waals surface area contributed by atoms with Gasteiger partial charge in [0.1, 0.15) is 17.5 Å². The lowest BCUT2D eigenvalue weighted by Crippen LogP contribution is -2.31. The van der Waals surface area contributed by atoms with Gasteiger partial charge in [-0.2, -0.15) is 15.0 Å². The van der Waals surface area contributed by atoms with Gasteiger partial charge in [-0.3, -0.25) is 4.79 Å². The first-order chi connectivity index (χ1) is 8.06. The molecule has 1 aliphatic rings. The summed E-state index contributed by atoms with van der Waals surface area (Å²) in [5.41, 5.74) is 4.86. The molecule has 2 rings (SSSR count). The molecule has 17 heavy (non-hydrogen) atoms. The highest BCUT2D eigenvalue weighted by atomic mass is 16.3. The number of hydrogen-bond acceptors (Lipinski definition) is 5. The SMILES string of the molecule is N#Cc1cnn(C(=O)CC2(O)CCCC2)c1N. The molecule has 0 aliphatic heterocycles. The Hall–Kier alpha value is -1.87. The van der Waals surface area contributed by atoms with Crippen LogP contribution < -0.4 is 5.73 Å². The topological polar surface area (TPSA) is 105 Å². The van der Waals surface area contributed by atoms with E-state index >= 15 is 0 Å². The highest BCUT2D eigenvalue weighted by molar-refractivity contribution is 5.82. The molecule has 0 saturated heterocycles. The van der Waals surface area contributed by atoms with Crippen molar-refractivity contribution >= 4 is 11.7 Å². The maximum Gasteiger partial charge on any atom is 0.251 e. The second-order valence-corrected chi connectivity index (χ2v) is 4.47. The van der Waals surface area contributed by atoms with Crippen LogP contribution in [0.2, 0.25) is 0 Å². The Morgan fingerprint density at radius 2 is 2.29 bits per heavy atom. The average Bonchev–Trinajstić information content (AvgIpc) is 2.85. The number of carbonyl (C=O) groups is 1. The highest BCUT2D eigenvalue weighted by Crippen LogP contribution is 2.32. The lowest BCUT2D eigenvalue weighted by Gasteiger charge is -2.20. The average molecular weight is 234 g/mol. The summed E-state index contributed by atoms with van der Waals surface area (Å²) in [6.45, 7) is 0. The van der Waals surface area contributed by atoms with Crippen LogP contribution in [0.3, 0.4) is 0 Å². The summed E-state index contributed by atoms with van der Waals surface area (Å²) in [4.78, 5) is 11.9. The molecule has 1 aromatic rings. The molecule has 1 aromatic heterocycles. The number of aliphatic hydroxyl groups is 1. The van der Waals surface area contributed by atoms with Crippen LogP contribution in [0.4, 0.5) is 5.82 Å². The van der Waals surface area contributed by atoms with E-state index in [1.165, 1.54) is 6.20 Å². The van der Waals surface area contributed by atoms with Crippen LogP contribution in [-0.4, -0.2) is 26.4 Å². The van der Waals surface area contributed by atoms with Crippen LogP contribution in [-0.2, 0) is 0 Å². The first-order valence-electron chi connectivity index (χ1n) is 5.55. The fraction of sp³-hybridized carbons (Fsp3) is 0.545. The number of hydrogen-bond donors (Lipinski definition) is 2. The molecule has 0 amide bonds. The zero-order chi connectivity index (χ0) is 12.5. The molecule has 1 saturated carbocycles. The van der Waals surface area contributed by atoms with Crippen molar-refractivity contribution in [3.8, 4) is 6.07 Å². The molecule has 1 heterocycles. The van der Waals surface area contributed by atoms with Crippen LogP contribution in [0.25, 0.3) is 0 Å². The lowest BCUT2D eigenvalue weighted by molar-refractivity contribution is 0.0318. The van der Waals surface area contributed by atoms with E-state index in [4.69, 9.17) is 11.0 Å². The van der Waals surface area contributed by atoms with Gasteiger partial charge in [-0.15, -0.1) is 0 Å². The third-order valence-electron chi connectivity index (χ3n) is 3.18. The van der Waals surface area contributed by atoms with E-state index in [1.807, 2.05) is 6.07 Å². The summed E-state index contributed by atoms with van der Waals surface area (Å²) in [6.07, 6.45) is 4.38. The fourth-order valence-corrected chi connectivity index (χ4v) is 2.21. The van der Waals surface area contributed by atoms with Crippen molar-refractivity contribution in [2.75, 3.05) is 5.73 Å². The Morgan fingerprint density at radius 1 is 1.65 bits per heavy atom. The minimum atomic E-state index is -0.928. The Labute approximate surface area is 98.6 Å². The van der Waals surface area contributed by atoms with Crippen LogP contribution >= 0.6 is 0 Å². The van der Waals surface area contributed by atoms with E-state index in [0.717, 1.165) is 17.5 Å². The zero-order valence-electron chi connectivity index (χ0n) is 9.39. The van der Waals surface area contributed by atoms with E-state index in [2.05, 4.69) is 5.10 Å². The van der Waals surface area contributed by atoms with Gasteiger partial charge in [-0.05, 0) is 12.8 Å². The van der Waals surface area contributed by atoms with Gasteiger partial charge in [0.15, 0.2) is 0 Å². The van der Waals surface area contributed by atoms with Crippen LogP contribution in [0, 0.1) is 11.3 Å². The van der Waals surface area contributed by atoms with Crippen LogP contribution in [0.15, 0.2) is 6.20 Å². The molecule has 0 radical (unpaired) electrons. The minimum Gasteiger partial charge on any atom is -0.389 e. The van der Waals surface area contributed by atoms with Gasteiger partial charge in [-0.25, -0.2) is 0 Å². The van der Waals surface area contributed by atoms with E-state index < -0.39 is 5.60 Å². The van der Waals surface area contributed by atoms with Gasteiger partial charge in [0.2, 0.25) is 0 Å². The zero-order valence-corrected chi connectivity index (χ0v) is 9.39. The van der Waals surface area contributed by atoms with Crippen LogP contribution in [0.1, 0.15) is 42.5 Å². The summed E-state index contributed by atoms with van der Waals surface area (Å²) in [5.74, 6) is -0.326. The van der Waals surface area contributed by atoms with Crippen molar-refractivity contribution in [3.05, 3.63) is 11.8 Å². The molecule has 0 bridgehead atoms. The third-order valence-corrected chi connectivity index (χ3v) is 3.18. The quantitative estimate of drug-likeness (QED) is 0.782. The van der Waals surface area contributed by atoms with E-state index in [0.29, 0.717) is 12.8 Å². The van der Waals surface area contributed by atoms with E-state index in [1.54, 1.807) is 0 Å². The van der Waals surface area contributed by atoms with Gasteiger partial charge in [0.25, 0.3) is 5.91 Å². The molecule has 0 spiro atoms. The number of aromatic nitrogens is 2. The molecular formula is C11H14N4O2. The monoisotopic (exact) mass is 234 g/mol. The number of nitriles is 1. The molecule has 6 nitrogen and oxygen atoms in total. The first-order valence-corrected chi connectivity index (χ1v) is 5.55. The Kier molecular flexibility index (Phi) is 2.86. The molecule has 0 aromatic carbocycles. The maximum atomic E-state index is 11.9. The van der Waals surface area contributed by atoms with Gasteiger partial charge < -0.3 is 10.8 Å². The van der Waals surface area contributed by atoms with Crippen molar-refractivity contribution in [2.45, 2.75) is 37.7 Å². The summed E-state index contributed by atoms with van der Waals surface area (Å²) in [6, 6.07) is 1.85. The predicted molar refractivity (Wildman–Crippen MR) is 60.0 cm³/mol. The second kappa shape index (κ2) is 4.18. The summed E-state index contributed by atoms with van der Waals surface area (Å²) < 4.78 is 0.995. The smallest absolute Gasteiger partial charge is 0.251 e. The number of nitrogens with two attached hydrogens (primary N) is 1. The normalized spacial score (nSPS) is 17.9. The molecule has 1 aliphatic carbocycles. The molecule has 1 fully saturated rings. The predicted octanol–water partition coefficient (Wildman–Crippen LogP) is 0.672. The largest absolute Gasteiger partial charge is 0.389 e. The second-order valence-electron chi connectivity index (χ2n) is 4.47. The maximum absolute atomic E-state index is 11.9. The summed E-state index contributed by atoms with van der Waals surface area (Å²) >= 11 is 0. The van der Waals surface area contributed by atoms with Crippen molar-refractivity contribution in [1.29, 1.82) is 5.26 Å². The van der Waals surface area contributed by atoms with Crippen molar-refractivity contribution in [3.63, 3.8) is 0 Å². The number of rotatable bonds is 2. The molecule has 90 valence electrons. The molecular weight excluding hydrogens is 220 g/mol. The first kappa shape index (κ1) is 11.6. The number of carbonyl (C=O) groups excluding carboxylic acids is 1. The van der Waals surface area contributed by atoms with E-state index in [-0.39, 0.29) is 23.7 Å². The highest BCUT2D eigenvalue weighted by Gasteiger charge is 2.34. The fourth-order valence-electron chi connectivity index (χ4n) is 2.21. The van der Waals surface area contributed by atoms with E-state index in [9.17, 15) is 9.90 Å². The van der Waals surface area contributed by atoms with Gasteiger partial charge in [0.05, 0.1) is 18.2 Å². The Balaban J connectivity index is 2.15. The molecule has 0 unspecified atom stereocenters. The van der Waals surface area contributed by atoms with Crippen molar-refractivity contribution in [2.24, 2.45) is 0 Å². The molecule has 0 atom stereocenters. The van der Waals surface area contributed by atoms with Crippen molar-refractivity contribution < 1.29 is 9.90 Å². The Bertz CT molecular complexity index is 480. The minimum absolute atomic E-state index is 0.00372. The number of nitrogens with zero attached hydrogens (tertiary/aromatic N) is 3. The van der Waals surface area contributed by atoms with Gasteiger partial charge in [-0.1, -0.05) is 12.8 Å². The lowest BCUT2D eigenvalue weighted by atomic mass is 9.98. The third kappa shape index (κ3) is 2.15. The van der Waals surface area contributed by atoms with Gasteiger partial charge >= 0.3 is 0 Å². The summed E-state index contributed by atoms with van der Waals surface area (Å²) in [7, 11) is 0. The number of nitrogen functional groups attached to an aromatic ring is 1. The van der Waals surface area contributed by atoms with Crippen LogP contribution in [0.5, 0.6) is 0 Å². The summed E-state index contributed by atoms with van der Waals surface area (Å²) in [5, 5.41) is 22.6. The standard InChI is InChI=1S/C11H14N4O2/c12-6-8-7-14-15(10(8)13)9(16)5-11(17)3-1-2-4-11/h7,17H,1-5,13H2.